The van der Waals surface area contributed by atoms with E-state index in [9.17, 15) is 18.3 Å². The van der Waals surface area contributed by atoms with Gasteiger partial charge in [-0.3, -0.25) is 8.98 Å². The number of carbonyl (C=O) groups excluding carboxylic acids is 1. The lowest BCUT2D eigenvalue weighted by atomic mass is 10.0. The lowest BCUT2D eigenvalue weighted by molar-refractivity contribution is -0.258. The lowest BCUT2D eigenvalue weighted by Crippen LogP contribution is -2.53. The van der Waals surface area contributed by atoms with Crippen LogP contribution >= 0.6 is 0 Å². The first-order valence-corrected chi connectivity index (χ1v) is 15.1. The summed E-state index contributed by atoms with van der Waals surface area (Å²) in [6, 6.07) is 7.15. The van der Waals surface area contributed by atoms with Crippen LogP contribution in [0.3, 0.4) is 0 Å². The summed E-state index contributed by atoms with van der Waals surface area (Å²) in [7, 11) is -5.35. The summed E-state index contributed by atoms with van der Waals surface area (Å²) in [6.07, 6.45) is -3.72. The van der Waals surface area contributed by atoms with E-state index >= 15 is 0 Å². The van der Waals surface area contributed by atoms with Crippen molar-refractivity contribution in [2.24, 2.45) is 0 Å². The third kappa shape index (κ3) is 7.75. The molecular weight excluding hydrogens is 428 g/mol. The second-order valence-electron chi connectivity index (χ2n) is 8.71. The van der Waals surface area contributed by atoms with E-state index in [4.69, 9.17) is 18.4 Å². The van der Waals surface area contributed by atoms with Crippen LogP contribution in [0.4, 0.5) is 0 Å². The standard InChI is InChI=1S/C20H32O8SSi/c1-14-6-8-16(9-7-14)29(23,24)26-13-18-20(27-15(2)21)17(22)12-19(28-18)25-10-11-30(3,4)5/h6-9,17-20,22H,10-13H2,1-5H3/t17-,18-,19+,20+/m1/s1. The van der Waals surface area contributed by atoms with Gasteiger partial charge in [-0.25, -0.2) is 0 Å². The monoisotopic (exact) mass is 460 g/mol. The number of rotatable bonds is 9. The Morgan fingerprint density at radius 2 is 1.87 bits per heavy atom. The highest BCUT2D eigenvalue weighted by molar-refractivity contribution is 7.86. The van der Waals surface area contributed by atoms with Gasteiger partial charge in [-0.05, 0) is 25.1 Å². The van der Waals surface area contributed by atoms with Crippen molar-refractivity contribution in [2.75, 3.05) is 13.2 Å². The summed E-state index contributed by atoms with van der Waals surface area (Å²) >= 11 is 0. The molecule has 1 N–H and O–H groups in total. The van der Waals surface area contributed by atoms with Crippen LogP contribution in [0, 0.1) is 6.92 Å². The van der Waals surface area contributed by atoms with E-state index in [0.29, 0.717) is 6.61 Å². The SMILES string of the molecule is CC(=O)O[C@H]1[C@H](O)C[C@@H](OCC[Si](C)(C)C)O[C@@H]1COS(=O)(=O)c1ccc(C)cc1. The van der Waals surface area contributed by atoms with Gasteiger partial charge in [0, 0.05) is 28.0 Å². The highest BCUT2D eigenvalue weighted by Gasteiger charge is 2.41. The molecule has 10 heteroatoms. The minimum absolute atomic E-state index is 0.0106. The van der Waals surface area contributed by atoms with Crippen LogP contribution in [0.2, 0.25) is 25.7 Å². The Morgan fingerprint density at radius 1 is 1.23 bits per heavy atom. The van der Waals surface area contributed by atoms with Gasteiger partial charge in [0.2, 0.25) is 0 Å². The lowest BCUT2D eigenvalue weighted by Gasteiger charge is -2.38. The van der Waals surface area contributed by atoms with Crippen molar-refractivity contribution in [1.82, 2.24) is 0 Å². The molecule has 0 aromatic heterocycles. The molecule has 1 fully saturated rings. The number of hydrogen-bond donors (Lipinski definition) is 1. The molecule has 0 bridgehead atoms. The van der Waals surface area contributed by atoms with Crippen LogP contribution in [-0.4, -0.2) is 65.4 Å². The predicted octanol–water partition coefficient (Wildman–Crippen LogP) is 2.46. The summed E-state index contributed by atoms with van der Waals surface area (Å²) in [6.45, 7) is 9.77. The Kier molecular flexibility index (Phi) is 8.60. The summed E-state index contributed by atoms with van der Waals surface area (Å²) in [4.78, 5) is 11.5. The van der Waals surface area contributed by atoms with Gasteiger partial charge < -0.3 is 19.3 Å². The number of aryl methyl sites for hydroxylation is 1. The molecule has 8 nitrogen and oxygen atoms in total. The van der Waals surface area contributed by atoms with Gasteiger partial charge in [-0.15, -0.1) is 0 Å². The maximum absolute atomic E-state index is 12.5. The predicted molar refractivity (Wildman–Crippen MR) is 113 cm³/mol. The maximum atomic E-state index is 12.5. The number of benzene rings is 1. The second kappa shape index (κ2) is 10.3. The second-order valence-corrected chi connectivity index (χ2v) is 16.0. The zero-order valence-corrected chi connectivity index (χ0v) is 20.0. The molecule has 0 aliphatic carbocycles. The largest absolute Gasteiger partial charge is 0.457 e. The molecule has 0 radical (unpaired) electrons. The Labute approximate surface area is 179 Å². The van der Waals surface area contributed by atoms with E-state index in [1.54, 1.807) is 12.1 Å². The number of hydrogen-bond acceptors (Lipinski definition) is 8. The van der Waals surface area contributed by atoms with Gasteiger partial charge in [-0.2, -0.15) is 8.42 Å². The average molecular weight is 461 g/mol. The quantitative estimate of drug-likeness (QED) is 0.340. The molecule has 30 heavy (non-hydrogen) atoms. The molecule has 1 aliphatic rings. The zero-order chi connectivity index (χ0) is 22.5. The van der Waals surface area contributed by atoms with Crippen LogP contribution in [0.15, 0.2) is 29.2 Å². The van der Waals surface area contributed by atoms with Crippen LogP contribution in [0.5, 0.6) is 0 Å². The molecule has 1 saturated heterocycles. The summed E-state index contributed by atoms with van der Waals surface area (Å²) in [5.74, 6) is -0.604. The fourth-order valence-electron chi connectivity index (χ4n) is 2.92. The van der Waals surface area contributed by atoms with E-state index in [1.165, 1.54) is 19.1 Å². The first-order valence-electron chi connectivity index (χ1n) is 9.96. The molecule has 0 saturated carbocycles. The number of esters is 1. The van der Waals surface area contributed by atoms with Gasteiger partial charge in [0.05, 0.1) is 17.6 Å². The first-order chi connectivity index (χ1) is 13.9. The third-order valence-electron chi connectivity index (χ3n) is 4.66. The molecule has 0 amide bonds. The van der Waals surface area contributed by atoms with E-state index in [-0.39, 0.29) is 11.3 Å². The summed E-state index contributed by atoms with van der Waals surface area (Å²) in [5.41, 5.74) is 0.918. The van der Waals surface area contributed by atoms with Gasteiger partial charge in [0.15, 0.2) is 12.4 Å². The molecule has 170 valence electrons. The van der Waals surface area contributed by atoms with Gasteiger partial charge in [-0.1, -0.05) is 37.3 Å². The molecular formula is C20H32O8SSi. The van der Waals surface area contributed by atoms with Crippen LogP contribution in [-0.2, 0) is 33.3 Å². The van der Waals surface area contributed by atoms with Gasteiger partial charge >= 0.3 is 5.97 Å². The molecule has 1 aromatic rings. The van der Waals surface area contributed by atoms with E-state index in [2.05, 4.69) is 19.6 Å². The molecule has 0 spiro atoms. The summed E-state index contributed by atoms with van der Waals surface area (Å²) < 4.78 is 46.9. The first kappa shape index (κ1) is 25.0. The number of ether oxygens (including phenoxy) is 3. The molecule has 2 rings (SSSR count). The number of aliphatic hydroxyl groups excluding tert-OH is 1. The van der Waals surface area contributed by atoms with Gasteiger partial charge in [0.25, 0.3) is 10.1 Å². The number of carbonyl (C=O) groups is 1. The highest BCUT2D eigenvalue weighted by atomic mass is 32.2. The summed E-state index contributed by atoms with van der Waals surface area (Å²) in [5, 5.41) is 10.5. The molecule has 1 heterocycles. The molecule has 1 aromatic carbocycles. The maximum Gasteiger partial charge on any atom is 0.303 e. The topological polar surface area (TPSA) is 108 Å². The molecule has 1 aliphatic heterocycles. The average Bonchev–Trinajstić information content (AvgIpc) is 2.61. The molecule has 4 atom stereocenters. The van der Waals surface area contributed by atoms with Crippen LogP contribution in [0.1, 0.15) is 18.9 Å². The zero-order valence-electron chi connectivity index (χ0n) is 18.2. The minimum Gasteiger partial charge on any atom is -0.457 e. The fourth-order valence-corrected chi connectivity index (χ4v) is 4.57. The van der Waals surface area contributed by atoms with Crippen molar-refractivity contribution in [3.8, 4) is 0 Å². The Morgan fingerprint density at radius 3 is 2.43 bits per heavy atom. The van der Waals surface area contributed by atoms with Crippen molar-refractivity contribution in [3.63, 3.8) is 0 Å². The van der Waals surface area contributed by atoms with Crippen molar-refractivity contribution >= 4 is 24.2 Å². The van der Waals surface area contributed by atoms with E-state index < -0.39 is 55.4 Å². The van der Waals surface area contributed by atoms with Crippen molar-refractivity contribution in [3.05, 3.63) is 29.8 Å². The van der Waals surface area contributed by atoms with Gasteiger partial charge in [0.1, 0.15) is 6.10 Å². The smallest absolute Gasteiger partial charge is 0.303 e. The van der Waals surface area contributed by atoms with E-state index in [1.807, 2.05) is 6.92 Å². The normalized spacial score (nSPS) is 25.1. The minimum atomic E-state index is -4.04. The Hall–Kier alpha value is -1.30. The number of aliphatic hydroxyl groups is 1. The van der Waals surface area contributed by atoms with Crippen molar-refractivity contribution in [2.45, 2.75) is 75.5 Å². The van der Waals surface area contributed by atoms with Crippen molar-refractivity contribution < 1.29 is 36.7 Å². The fraction of sp³-hybridized carbons (Fsp3) is 0.650. The highest BCUT2D eigenvalue weighted by Crippen LogP contribution is 2.26. The Balaban J connectivity index is 2.06. The van der Waals surface area contributed by atoms with Crippen molar-refractivity contribution in [1.29, 1.82) is 0 Å². The van der Waals surface area contributed by atoms with Crippen LogP contribution < -0.4 is 0 Å². The van der Waals surface area contributed by atoms with E-state index in [0.717, 1.165) is 11.6 Å². The third-order valence-corrected chi connectivity index (χ3v) is 7.66. The molecule has 0 unspecified atom stereocenters. The Bertz CT molecular complexity index is 803. The van der Waals surface area contributed by atoms with Crippen LogP contribution in [0.25, 0.3) is 0 Å².